The van der Waals surface area contributed by atoms with Gasteiger partial charge in [0.2, 0.25) is 17.9 Å². The predicted octanol–water partition coefficient (Wildman–Crippen LogP) is 4.25. The van der Waals surface area contributed by atoms with Gasteiger partial charge in [-0.3, -0.25) is 0 Å². The van der Waals surface area contributed by atoms with E-state index < -0.39 is 17.6 Å². The lowest BCUT2D eigenvalue weighted by Gasteiger charge is -2.25. The summed E-state index contributed by atoms with van der Waals surface area (Å²) in [5.41, 5.74) is 1.90. The van der Waals surface area contributed by atoms with Gasteiger partial charge in [0.05, 0.1) is 23.8 Å². The molecule has 0 bridgehead atoms. The minimum absolute atomic E-state index is 0.0949. The number of nitrogens with zero attached hydrogens (tertiary/aromatic N) is 4. The fourth-order valence-electron chi connectivity index (χ4n) is 5.01. The molecule has 2 aliphatic heterocycles. The van der Waals surface area contributed by atoms with Crippen molar-refractivity contribution in [2.24, 2.45) is 0 Å². The molecule has 42 heavy (non-hydrogen) atoms. The van der Waals surface area contributed by atoms with Crippen LogP contribution in [-0.2, 0) is 10.3 Å². The molecule has 12 heteroatoms. The lowest BCUT2D eigenvalue weighted by atomic mass is 9.93. The summed E-state index contributed by atoms with van der Waals surface area (Å²) in [6, 6.07) is 21.6. The molecule has 0 radical (unpaired) electrons. The van der Waals surface area contributed by atoms with Gasteiger partial charge in [-0.2, -0.15) is 4.98 Å². The Morgan fingerprint density at radius 1 is 0.952 bits per heavy atom. The Kier molecular flexibility index (Phi) is 6.36. The van der Waals surface area contributed by atoms with E-state index in [1.807, 2.05) is 60.7 Å². The van der Waals surface area contributed by atoms with Crippen molar-refractivity contribution in [1.82, 2.24) is 20.2 Å². The number of ether oxygens (including phenoxy) is 3. The lowest BCUT2D eigenvalue weighted by Crippen LogP contribution is -2.38. The molecule has 210 valence electrons. The van der Waals surface area contributed by atoms with Gasteiger partial charge in [-0.25, -0.2) is 9.78 Å². The third-order valence-electron chi connectivity index (χ3n) is 7.12. The van der Waals surface area contributed by atoms with E-state index in [2.05, 4.69) is 30.8 Å². The van der Waals surface area contributed by atoms with Gasteiger partial charge < -0.3 is 34.4 Å². The Labute approximate surface area is 239 Å². The molecule has 0 fully saturated rings. The molecule has 0 saturated carbocycles. The topological polar surface area (TPSA) is 154 Å². The first-order valence-corrected chi connectivity index (χ1v) is 13.2. The lowest BCUT2D eigenvalue weighted by molar-refractivity contribution is -0.0481. The minimum atomic E-state index is -1.12. The van der Waals surface area contributed by atoms with E-state index in [-0.39, 0.29) is 31.7 Å². The maximum Gasteiger partial charge on any atom is 0.339 e. The van der Waals surface area contributed by atoms with Crippen LogP contribution >= 0.6 is 0 Å². The van der Waals surface area contributed by atoms with Gasteiger partial charge in [-0.1, -0.05) is 42.5 Å². The molecule has 5 aromatic rings. The monoisotopic (exact) mass is 564 g/mol. The maximum absolute atomic E-state index is 12.8. The molecule has 4 heterocycles. The first kappa shape index (κ1) is 25.5. The summed E-state index contributed by atoms with van der Waals surface area (Å²) in [6.07, 6.45) is 2.77. The van der Waals surface area contributed by atoms with Crippen molar-refractivity contribution in [3.05, 3.63) is 102 Å². The van der Waals surface area contributed by atoms with Crippen molar-refractivity contribution >= 4 is 23.4 Å². The van der Waals surface area contributed by atoms with Crippen molar-refractivity contribution in [1.29, 1.82) is 0 Å². The number of anilines is 3. The summed E-state index contributed by atoms with van der Waals surface area (Å²) in [6.45, 7) is 0.00434. The zero-order valence-electron chi connectivity index (χ0n) is 22.1. The molecule has 2 aliphatic rings. The van der Waals surface area contributed by atoms with Crippen molar-refractivity contribution < 1.29 is 28.5 Å². The number of esters is 1. The normalized spacial score (nSPS) is 15.4. The second-order valence-corrected chi connectivity index (χ2v) is 9.78. The number of carbonyl (C=O) groups is 1. The summed E-state index contributed by atoms with van der Waals surface area (Å²) < 4.78 is 23.3. The predicted molar refractivity (Wildman–Crippen MR) is 149 cm³/mol. The summed E-state index contributed by atoms with van der Waals surface area (Å²) in [5.74, 6) is 1.57. The molecule has 2 aromatic heterocycles. The molecule has 7 rings (SSSR count). The second-order valence-electron chi connectivity index (χ2n) is 9.78. The van der Waals surface area contributed by atoms with Gasteiger partial charge in [-0.15, -0.1) is 10.2 Å². The smallest absolute Gasteiger partial charge is 0.339 e. The Hall–Kier alpha value is -5.49. The van der Waals surface area contributed by atoms with Gasteiger partial charge >= 0.3 is 5.97 Å². The van der Waals surface area contributed by atoms with Crippen LogP contribution in [0.1, 0.15) is 27.5 Å². The molecule has 0 saturated heterocycles. The van der Waals surface area contributed by atoms with Crippen molar-refractivity contribution in [3.8, 4) is 23.0 Å². The molecular weight excluding hydrogens is 540 g/mol. The highest BCUT2D eigenvalue weighted by Crippen LogP contribution is 2.43. The summed E-state index contributed by atoms with van der Waals surface area (Å²) in [5, 5.41) is 24.4. The molecule has 0 amide bonds. The number of carbonyl (C=O) groups excluding carboxylic acids is 1. The van der Waals surface area contributed by atoms with E-state index in [4.69, 9.17) is 18.6 Å². The first-order valence-electron chi connectivity index (χ1n) is 13.2. The van der Waals surface area contributed by atoms with Gasteiger partial charge in [0.1, 0.15) is 19.0 Å². The second kappa shape index (κ2) is 10.5. The van der Waals surface area contributed by atoms with Crippen molar-refractivity contribution in [3.63, 3.8) is 0 Å². The summed E-state index contributed by atoms with van der Waals surface area (Å²) in [4.78, 5) is 21.9. The number of hydrogen-bond acceptors (Lipinski definition) is 12. The van der Waals surface area contributed by atoms with Gasteiger partial charge in [0.25, 0.3) is 5.89 Å². The van der Waals surface area contributed by atoms with E-state index in [0.717, 1.165) is 5.56 Å². The highest BCUT2D eigenvalue weighted by atomic mass is 16.6. The van der Waals surface area contributed by atoms with Gasteiger partial charge in [-0.05, 0) is 35.9 Å². The number of aromatic nitrogens is 4. The average molecular weight is 565 g/mol. The van der Waals surface area contributed by atoms with Crippen LogP contribution in [0, 0.1) is 0 Å². The van der Waals surface area contributed by atoms with Gasteiger partial charge in [0.15, 0.2) is 11.5 Å². The number of nitrogens with one attached hydrogen (secondary N) is 2. The number of hydrogen-bond donors (Lipinski definition) is 3. The fourth-order valence-corrected chi connectivity index (χ4v) is 5.01. The maximum atomic E-state index is 12.8. The largest absolute Gasteiger partial charge is 0.485 e. The number of aliphatic hydroxyl groups is 1. The molecule has 1 spiro atoms. The molecule has 3 N–H and O–H groups in total. The zero-order valence-corrected chi connectivity index (χ0v) is 22.1. The van der Waals surface area contributed by atoms with Crippen molar-refractivity contribution in [2.75, 3.05) is 30.5 Å². The fraction of sp³-hybridized carbons (Fsp3) is 0.167. The number of rotatable bonds is 7. The number of fused-ring (bicyclic) bond motifs is 3. The molecule has 0 aliphatic carbocycles. The Morgan fingerprint density at radius 3 is 2.43 bits per heavy atom. The van der Waals surface area contributed by atoms with Crippen LogP contribution in [0.5, 0.6) is 11.5 Å². The van der Waals surface area contributed by atoms with Crippen LogP contribution < -0.4 is 20.1 Å². The van der Waals surface area contributed by atoms with Crippen LogP contribution in [-0.4, -0.2) is 51.1 Å². The van der Waals surface area contributed by atoms with E-state index >= 15 is 0 Å². The third kappa shape index (κ3) is 4.63. The quantitative estimate of drug-likeness (QED) is 0.242. The molecule has 1 atom stereocenters. The standard InChI is InChI=1S/C30H24N6O6/c37-14-23(18-6-2-1-3-7-18)34-26-21(27-36-32-17-41-27)13-31-29(35-26)33-19-10-11-20-22(12-19)30(42-28(20)38)15-39-24-8-4-5-9-25(24)40-16-30/h1-13,17,23,37H,14-16H2,(H2,31,33,34,35)/t23-/m1/s1. The third-order valence-corrected chi connectivity index (χ3v) is 7.12. The highest BCUT2D eigenvalue weighted by molar-refractivity contribution is 5.95. The molecule has 12 nitrogen and oxygen atoms in total. The molecule has 0 unspecified atom stereocenters. The van der Waals surface area contributed by atoms with E-state index in [1.165, 1.54) is 6.39 Å². The van der Waals surface area contributed by atoms with E-state index in [1.54, 1.807) is 18.3 Å². The molecular formula is C30H24N6O6. The van der Waals surface area contributed by atoms with Crippen molar-refractivity contribution in [2.45, 2.75) is 11.6 Å². The zero-order chi connectivity index (χ0) is 28.5. The summed E-state index contributed by atoms with van der Waals surface area (Å²) in [7, 11) is 0. The minimum Gasteiger partial charge on any atom is -0.485 e. The number of benzene rings is 3. The Morgan fingerprint density at radius 2 is 1.71 bits per heavy atom. The first-order chi connectivity index (χ1) is 20.6. The number of para-hydroxylation sites is 2. The number of aliphatic hydroxyl groups excluding tert-OH is 1. The van der Waals surface area contributed by atoms with Crippen LogP contribution in [0.4, 0.5) is 17.5 Å². The Bertz CT molecular complexity index is 1720. The van der Waals surface area contributed by atoms with Gasteiger partial charge in [0, 0.05) is 17.4 Å². The van der Waals surface area contributed by atoms with Crippen LogP contribution in [0.2, 0.25) is 0 Å². The van der Waals surface area contributed by atoms with Crippen LogP contribution in [0.3, 0.4) is 0 Å². The average Bonchev–Trinajstić information content (AvgIpc) is 3.60. The van der Waals surface area contributed by atoms with Crippen LogP contribution in [0.25, 0.3) is 11.5 Å². The highest BCUT2D eigenvalue weighted by Gasteiger charge is 2.49. The van der Waals surface area contributed by atoms with E-state index in [9.17, 15) is 9.90 Å². The van der Waals surface area contributed by atoms with Crippen LogP contribution in [0.15, 0.2) is 89.8 Å². The Balaban J connectivity index is 1.20. The summed E-state index contributed by atoms with van der Waals surface area (Å²) >= 11 is 0. The molecule has 3 aromatic carbocycles. The SMILES string of the molecule is O=C1OC2(COc3ccccc3OC2)c2cc(Nc3ncc(-c4nnco4)c(N[C@H](CO)c4ccccc4)n3)ccc21. The van der Waals surface area contributed by atoms with E-state index in [0.29, 0.717) is 39.7 Å².